The summed E-state index contributed by atoms with van der Waals surface area (Å²) in [7, 11) is 0. The number of hydrogen-bond donors (Lipinski definition) is 1. The predicted octanol–water partition coefficient (Wildman–Crippen LogP) is 1.73. The molecule has 6 heteroatoms. The molecule has 138 valence electrons. The molecule has 0 saturated carbocycles. The maximum absolute atomic E-state index is 12.6. The molecule has 2 aliphatic rings. The summed E-state index contributed by atoms with van der Waals surface area (Å²) >= 11 is 0. The Kier molecular flexibility index (Phi) is 4.54. The van der Waals surface area contributed by atoms with Crippen molar-refractivity contribution in [3.8, 4) is 0 Å². The SMILES string of the molecule is Cc1ccnn1CCC(=O)N1C[C@@H](O)[C@@]2(C[C@H](c3ccccc3)CO2)C1. The topological polar surface area (TPSA) is 67.6 Å². The molecule has 0 unspecified atom stereocenters. The number of hydrogen-bond acceptors (Lipinski definition) is 4. The van der Waals surface area contributed by atoms with E-state index >= 15 is 0 Å². The van der Waals surface area contributed by atoms with Gasteiger partial charge in [0.25, 0.3) is 0 Å². The summed E-state index contributed by atoms with van der Waals surface area (Å²) in [6.45, 7) is 3.94. The summed E-state index contributed by atoms with van der Waals surface area (Å²) < 4.78 is 7.90. The Bertz CT molecular complexity index is 776. The van der Waals surface area contributed by atoms with Crippen LogP contribution in [0.4, 0.5) is 0 Å². The molecular formula is C20H25N3O3. The minimum Gasteiger partial charge on any atom is -0.388 e. The average molecular weight is 355 g/mol. The molecule has 2 saturated heterocycles. The van der Waals surface area contributed by atoms with Crippen LogP contribution in [-0.2, 0) is 16.1 Å². The first-order valence-corrected chi connectivity index (χ1v) is 9.20. The lowest BCUT2D eigenvalue weighted by atomic mass is 9.87. The lowest BCUT2D eigenvalue weighted by Crippen LogP contribution is -2.41. The maximum atomic E-state index is 12.6. The van der Waals surface area contributed by atoms with E-state index in [1.54, 1.807) is 11.1 Å². The number of aryl methyl sites for hydroxylation is 2. The van der Waals surface area contributed by atoms with Crippen molar-refractivity contribution in [3.63, 3.8) is 0 Å². The number of carbonyl (C=O) groups is 1. The number of benzene rings is 1. The number of aliphatic hydroxyl groups excluding tert-OH is 1. The smallest absolute Gasteiger partial charge is 0.224 e. The van der Waals surface area contributed by atoms with Gasteiger partial charge in [0.15, 0.2) is 0 Å². The average Bonchev–Trinajstić information content (AvgIpc) is 3.35. The first kappa shape index (κ1) is 17.2. The van der Waals surface area contributed by atoms with Gasteiger partial charge in [-0.3, -0.25) is 9.48 Å². The third-order valence-electron chi connectivity index (χ3n) is 5.71. The number of likely N-dealkylation sites (tertiary alicyclic amines) is 1. The summed E-state index contributed by atoms with van der Waals surface area (Å²) in [6, 6.07) is 12.2. The van der Waals surface area contributed by atoms with Crippen LogP contribution in [0.25, 0.3) is 0 Å². The van der Waals surface area contributed by atoms with Gasteiger partial charge in [-0.15, -0.1) is 0 Å². The first-order valence-electron chi connectivity index (χ1n) is 9.20. The molecule has 6 nitrogen and oxygen atoms in total. The highest BCUT2D eigenvalue weighted by molar-refractivity contribution is 5.76. The van der Waals surface area contributed by atoms with Gasteiger partial charge in [-0.2, -0.15) is 5.10 Å². The molecule has 26 heavy (non-hydrogen) atoms. The Hall–Kier alpha value is -2.18. The van der Waals surface area contributed by atoms with Crippen LogP contribution in [0.15, 0.2) is 42.6 Å². The quantitative estimate of drug-likeness (QED) is 0.907. The Balaban J connectivity index is 1.38. The van der Waals surface area contributed by atoms with Crippen LogP contribution >= 0.6 is 0 Å². The van der Waals surface area contributed by atoms with Gasteiger partial charge >= 0.3 is 0 Å². The van der Waals surface area contributed by atoms with Gasteiger partial charge in [0.05, 0.1) is 13.2 Å². The maximum Gasteiger partial charge on any atom is 0.224 e. The Labute approximate surface area is 153 Å². The molecule has 1 N–H and O–H groups in total. The van der Waals surface area contributed by atoms with Gasteiger partial charge in [0.1, 0.15) is 11.7 Å². The van der Waals surface area contributed by atoms with Crippen molar-refractivity contribution in [2.24, 2.45) is 0 Å². The van der Waals surface area contributed by atoms with Gasteiger partial charge in [0.2, 0.25) is 5.91 Å². The van der Waals surface area contributed by atoms with E-state index in [1.807, 2.05) is 35.9 Å². The zero-order valence-electron chi connectivity index (χ0n) is 15.0. The number of rotatable bonds is 4. The third kappa shape index (κ3) is 3.15. The van der Waals surface area contributed by atoms with Crippen molar-refractivity contribution in [2.45, 2.75) is 43.9 Å². The van der Waals surface area contributed by atoms with Crippen LogP contribution in [0, 0.1) is 6.92 Å². The molecule has 0 radical (unpaired) electrons. The molecule has 3 heterocycles. The van der Waals surface area contributed by atoms with Crippen molar-refractivity contribution >= 4 is 5.91 Å². The van der Waals surface area contributed by atoms with Crippen molar-refractivity contribution in [1.29, 1.82) is 0 Å². The molecule has 2 aliphatic heterocycles. The molecule has 1 spiro atoms. The monoisotopic (exact) mass is 355 g/mol. The molecule has 1 amide bonds. The molecule has 2 aromatic rings. The minimum atomic E-state index is -0.633. The van der Waals surface area contributed by atoms with E-state index in [4.69, 9.17) is 4.74 Å². The molecular weight excluding hydrogens is 330 g/mol. The number of ether oxygens (including phenoxy) is 1. The van der Waals surface area contributed by atoms with Crippen molar-refractivity contribution in [2.75, 3.05) is 19.7 Å². The number of aromatic nitrogens is 2. The summed E-state index contributed by atoms with van der Waals surface area (Å²) in [5.74, 6) is 0.315. The minimum absolute atomic E-state index is 0.0441. The largest absolute Gasteiger partial charge is 0.388 e. The van der Waals surface area contributed by atoms with Crippen LogP contribution in [0.1, 0.15) is 30.0 Å². The fourth-order valence-electron chi connectivity index (χ4n) is 4.13. The van der Waals surface area contributed by atoms with Crippen LogP contribution in [0.2, 0.25) is 0 Å². The summed E-state index contributed by atoms with van der Waals surface area (Å²) in [5.41, 5.74) is 1.65. The van der Waals surface area contributed by atoms with E-state index in [1.165, 1.54) is 5.56 Å². The molecule has 3 atom stereocenters. The van der Waals surface area contributed by atoms with E-state index in [2.05, 4.69) is 17.2 Å². The van der Waals surface area contributed by atoms with E-state index in [0.29, 0.717) is 32.7 Å². The second-order valence-corrected chi connectivity index (χ2v) is 7.42. The van der Waals surface area contributed by atoms with E-state index in [9.17, 15) is 9.90 Å². The van der Waals surface area contributed by atoms with Crippen LogP contribution in [0.5, 0.6) is 0 Å². The van der Waals surface area contributed by atoms with Crippen molar-refractivity contribution in [1.82, 2.24) is 14.7 Å². The van der Waals surface area contributed by atoms with E-state index in [-0.39, 0.29) is 11.8 Å². The molecule has 2 fully saturated rings. The fourth-order valence-corrected chi connectivity index (χ4v) is 4.13. The summed E-state index contributed by atoms with van der Waals surface area (Å²) in [5, 5.41) is 14.8. The molecule has 0 bridgehead atoms. The number of amides is 1. The Morgan fingerprint density at radius 3 is 2.88 bits per heavy atom. The van der Waals surface area contributed by atoms with Crippen LogP contribution < -0.4 is 0 Å². The van der Waals surface area contributed by atoms with Gasteiger partial charge in [-0.05, 0) is 25.0 Å². The molecule has 4 rings (SSSR count). The third-order valence-corrected chi connectivity index (χ3v) is 5.71. The van der Waals surface area contributed by atoms with E-state index in [0.717, 1.165) is 12.1 Å². The van der Waals surface area contributed by atoms with Gasteiger partial charge in [-0.1, -0.05) is 30.3 Å². The lowest BCUT2D eigenvalue weighted by molar-refractivity contribution is -0.131. The Morgan fingerprint density at radius 2 is 2.15 bits per heavy atom. The zero-order valence-corrected chi connectivity index (χ0v) is 15.0. The van der Waals surface area contributed by atoms with Gasteiger partial charge in [-0.25, -0.2) is 0 Å². The molecule has 0 aliphatic carbocycles. The van der Waals surface area contributed by atoms with Crippen LogP contribution in [0.3, 0.4) is 0 Å². The second kappa shape index (κ2) is 6.85. The summed E-state index contributed by atoms with van der Waals surface area (Å²) in [6.07, 6.45) is 2.24. The highest BCUT2D eigenvalue weighted by Crippen LogP contribution is 2.42. The molecule has 1 aromatic carbocycles. The highest BCUT2D eigenvalue weighted by Gasteiger charge is 2.53. The highest BCUT2D eigenvalue weighted by atomic mass is 16.5. The standard InChI is InChI=1S/C20H25N3O3/c1-15-7-9-21-23(15)10-8-19(25)22-12-18(24)20(14-22)11-17(13-26-20)16-5-3-2-4-6-16/h2-7,9,17-18,24H,8,10-14H2,1H3/t17-,18+,20+/m0/s1. The lowest BCUT2D eigenvalue weighted by Gasteiger charge is -2.26. The summed E-state index contributed by atoms with van der Waals surface area (Å²) in [4.78, 5) is 14.4. The van der Waals surface area contributed by atoms with Gasteiger partial charge < -0.3 is 14.7 Å². The number of β-amino-alcohol motifs (C(OH)–C–C–N with tert-alkyl or cyclic N) is 1. The second-order valence-electron chi connectivity index (χ2n) is 7.42. The van der Waals surface area contributed by atoms with Crippen molar-refractivity contribution in [3.05, 3.63) is 53.9 Å². The first-order chi connectivity index (χ1) is 12.6. The van der Waals surface area contributed by atoms with Gasteiger partial charge in [0, 0.05) is 37.3 Å². The number of nitrogens with zero attached hydrogens (tertiary/aromatic N) is 3. The van der Waals surface area contributed by atoms with Crippen molar-refractivity contribution < 1.29 is 14.6 Å². The predicted molar refractivity (Wildman–Crippen MR) is 96.7 cm³/mol. The number of aliphatic hydroxyl groups is 1. The number of carbonyl (C=O) groups excluding carboxylic acids is 1. The van der Waals surface area contributed by atoms with E-state index < -0.39 is 11.7 Å². The van der Waals surface area contributed by atoms with Crippen LogP contribution in [-0.4, -0.2) is 57.1 Å². The fraction of sp³-hybridized carbons (Fsp3) is 0.500. The molecule has 1 aromatic heterocycles. The Morgan fingerprint density at radius 1 is 1.35 bits per heavy atom. The zero-order chi connectivity index (χ0) is 18.1. The normalized spacial score (nSPS) is 28.2.